The van der Waals surface area contributed by atoms with E-state index in [0.29, 0.717) is 23.2 Å². The summed E-state index contributed by atoms with van der Waals surface area (Å²) in [5, 5.41) is 0. The smallest absolute Gasteiger partial charge is 0.264 e. The van der Waals surface area contributed by atoms with Gasteiger partial charge < -0.3 is 0 Å². The van der Waals surface area contributed by atoms with Crippen LogP contribution in [-0.2, 0) is 20.6 Å². The Morgan fingerprint density at radius 1 is 1.33 bits per heavy atom. The number of hydrogen-bond acceptors (Lipinski definition) is 2. The third-order valence-corrected chi connectivity index (χ3v) is 4.31. The predicted molar refractivity (Wildman–Crippen MR) is 79.7 cm³/mol. The van der Waals surface area contributed by atoms with E-state index in [1.165, 1.54) is 4.57 Å². The Kier molecular flexibility index (Phi) is 1.42. The summed E-state index contributed by atoms with van der Waals surface area (Å²) in [4.78, 5) is 8.68. The largest absolute Gasteiger partial charge is 0.270 e. The Labute approximate surface area is 125 Å². The van der Waals surface area contributed by atoms with Crippen LogP contribution in [0.2, 0.25) is 0 Å². The van der Waals surface area contributed by atoms with E-state index in [2.05, 4.69) is 14.5 Å². The van der Waals surface area contributed by atoms with E-state index >= 15 is 0 Å². The van der Waals surface area contributed by atoms with Gasteiger partial charge in [0.25, 0.3) is 5.65 Å². The van der Waals surface area contributed by atoms with Gasteiger partial charge in [0, 0.05) is 24.2 Å². The van der Waals surface area contributed by atoms with Crippen LogP contribution in [-0.4, -0.2) is 19.1 Å². The van der Waals surface area contributed by atoms with Crippen molar-refractivity contribution in [2.24, 2.45) is 14.0 Å². The second-order valence-electron chi connectivity index (χ2n) is 5.38. The van der Waals surface area contributed by atoms with Crippen LogP contribution >= 0.6 is 0 Å². The molecule has 0 atom stereocenters. The monoisotopic (exact) mass is 279 g/mol. The van der Waals surface area contributed by atoms with E-state index in [0.717, 1.165) is 22.5 Å². The van der Waals surface area contributed by atoms with Crippen LogP contribution in [0, 0.1) is 0 Å². The minimum atomic E-state index is -2.27. The molecule has 5 nitrogen and oxygen atoms in total. The van der Waals surface area contributed by atoms with Gasteiger partial charge >= 0.3 is 0 Å². The van der Waals surface area contributed by atoms with Crippen molar-refractivity contribution < 1.29 is 8.68 Å². The summed E-state index contributed by atoms with van der Waals surface area (Å²) >= 11 is 0. The molecule has 4 aromatic rings. The zero-order valence-corrected chi connectivity index (χ0v) is 11.4. The van der Waals surface area contributed by atoms with Crippen molar-refractivity contribution in [3.8, 4) is 11.4 Å². The summed E-state index contributed by atoms with van der Waals surface area (Å²) in [7, 11) is 1.91. The molecule has 21 heavy (non-hydrogen) atoms. The molecule has 102 valence electrons. The van der Waals surface area contributed by atoms with Gasteiger partial charge in [-0.1, -0.05) is 0 Å². The van der Waals surface area contributed by atoms with Gasteiger partial charge in [0.1, 0.15) is 11.0 Å². The number of hydrogen-bond donors (Lipinski definition) is 0. The summed E-state index contributed by atoms with van der Waals surface area (Å²) in [6.07, 6.45) is 5.33. The van der Waals surface area contributed by atoms with E-state index in [4.69, 9.17) is 4.11 Å². The molecule has 0 fully saturated rings. The molecule has 0 bridgehead atoms. The lowest BCUT2D eigenvalue weighted by Crippen LogP contribution is -2.31. The fraction of sp³-hybridized carbons (Fsp3) is 0.188. The molecule has 1 aliphatic heterocycles. The van der Waals surface area contributed by atoms with E-state index in [1.54, 1.807) is 18.5 Å². The van der Waals surface area contributed by atoms with Gasteiger partial charge in [-0.15, -0.1) is 0 Å². The second-order valence-corrected chi connectivity index (χ2v) is 5.38. The number of fused-ring (bicyclic) bond motifs is 7. The molecule has 0 aliphatic carbocycles. The lowest BCUT2D eigenvalue weighted by atomic mass is 10.2. The van der Waals surface area contributed by atoms with Gasteiger partial charge in [-0.25, -0.2) is 14.1 Å². The van der Waals surface area contributed by atoms with Gasteiger partial charge in [0.2, 0.25) is 11.3 Å². The normalized spacial score (nSPS) is 15.8. The summed E-state index contributed by atoms with van der Waals surface area (Å²) in [6.45, 7) is -1.60. The van der Waals surface area contributed by atoms with Crippen molar-refractivity contribution in [2.45, 2.75) is 6.54 Å². The molecular weight excluding hydrogens is 262 g/mol. The third-order valence-electron chi connectivity index (χ3n) is 4.31. The molecule has 5 heteroatoms. The first-order chi connectivity index (χ1) is 11.5. The molecule has 0 amide bonds. The highest BCUT2D eigenvalue weighted by atomic mass is 15.2. The number of nitrogens with zero attached hydrogens (tertiary/aromatic N) is 5. The maximum absolute atomic E-state index is 7.99. The van der Waals surface area contributed by atoms with Crippen molar-refractivity contribution >= 4 is 22.2 Å². The Bertz CT molecular complexity index is 1140. The van der Waals surface area contributed by atoms with Crippen molar-refractivity contribution in [1.29, 1.82) is 0 Å². The fourth-order valence-corrected chi connectivity index (χ4v) is 3.45. The molecule has 0 saturated heterocycles. The molecule has 0 spiro atoms. The number of aryl methyl sites for hydroxylation is 2. The average molecular weight is 279 g/mol. The summed E-state index contributed by atoms with van der Waals surface area (Å²) < 4.78 is 29.5. The zero-order valence-electron chi connectivity index (χ0n) is 14.4. The minimum absolute atomic E-state index is 0.627. The van der Waals surface area contributed by atoms with Crippen molar-refractivity contribution in [1.82, 2.24) is 19.1 Å². The number of pyridine rings is 2. The molecule has 0 unspecified atom stereocenters. The Balaban J connectivity index is 2.02. The Morgan fingerprint density at radius 2 is 2.29 bits per heavy atom. The van der Waals surface area contributed by atoms with Gasteiger partial charge in [-0.05, 0) is 18.2 Å². The van der Waals surface area contributed by atoms with Crippen LogP contribution in [0.15, 0.2) is 36.8 Å². The van der Waals surface area contributed by atoms with Crippen molar-refractivity contribution in [3.05, 3.63) is 42.4 Å². The Hall–Kier alpha value is -2.69. The fourth-order valence-electron chi connectivity index (χ4n) is 3.45. The summed E-state index contributed by atoms with van der Waals surface area (Å²) in [6, 6.07) is 5.56. The van der Waals surface area contributed by atoms with Gasteiger partial charge in [-0.2, -0.15) is 0 Å². The highest BCUT2D eigenvalue weighted by Crippen LogP contribution is 2.35. The van der Waals surface area contributed by atoms with Gasteiger partial charge in [0.15, 0.2) is 0 Å². The predicted octanol–water partition coefficient (Wildman–Crippen LogP) is 1.78. The van der Waals surface area contributed by atoms with E-state index in [-0.39, 0.29) is 0 Å². The average Bonchev–Trinajstić information content (AvgIpc) is 3.15. The highest BCUT2D eigenvalue weighted by Gasteiger charge is 2.34. The molecule has 0 saturated carbocycles. The van der Waals surface area contributed by atoms with E-state index in [1.807, 2.05) is 29.9 Å². The molecular formula is C16H14N5+. The quantitative estimate of drug-likeness (QED) is 0.405. The lowest BCUT2D eigenvalue weighted by Gasteiger charge is -1.98. The van der Waals surface area contributed by atoms with E-state index < -0.39 is 6.98 Å². The molecule has 0 N–H and O–H groups in total. The topological polar surface area (TPSA) is 39.5 Å². The first-order valence-corrected chi connectivity index (χ1v) is 6.80. The van der Waals surface area contributed by atoms with E-state index in [9.17, 15) is 0 Å². The SMILES string of the molecule is [2H]C([2H])([2H])n1c2cccnc2c2c1[n+](C)c1n2Cc2cnccc2-1. The molecule has 0 aromatic carbocycles. The molecule has 4 aromatic heterocycles. The van der Waals surface area contributed by atoms with Crippen LogP contribution in [0.25, 0.3) is 33.6 Å². The molecule has 5 heterocycles. The van der Waals surface area contributed by atoms with Crippen LogP contribution in [0.3, 0.4) is 0 Å². The molecule has 1 aliphatic rings. The third kappa shape index (κ3) is 1.15. The van der Waals surface area contributed by atoms with Crippen LogP contribution < -0.4 is 4.57 Å². The van der Waals surface area contributed by atoms with Gasteiger partial charge in [-0.3, -0.25) is 9.55 Å². The molecule has 0 radical (unpaired) electrons. The first kappa shape index (κ1) is 8.56. The lowest BCUT2D eigenvalue weighted by molar-refractivity contribution is -0.636. The van der Waals surface area contributed by atoms with Crippen LogP contribution in [0.5, 0.6) is 0 Å². The van der Waals surface area contributed by atoms with Crippen molar-refractivity contribution in [2.75, 3.05) is 0 Å². The maximum Gasteiger partial charge on any atom is 0.270 e. The van der Waals surface area contributed by atoms with Crippen LogP contribution in [0.1, 0.15) is 9.68 Å². The second kappa shape index (κ2) is 3.49. The Morgan fingerprint density at radius 3 is 3.19 bits per heavy atom. The molecule has 5 rings (SSSR count). The zero-order chi connectivity index (χ0) is 16.6. The first-order valence-electron chi connectivity index (χ1n) is 8.30. The van der Waals surface area contributed by atoms with Crippen LogP contribution in [0.4, 0.5) is 0 Å². The van der Waals surface area contributed by atoms with Crippen molar-refractivity contribution in [3.63, 3.8) is 0 Å². The number of rotatable bonds is 0. The summed E-state index contributed by atoms with van der Waals surface area (Å²) in [5.74, 6) is 0.989. The number of imidazole rings is 1. The standard InChI is InChI=1S/C16H14N5/c1-19-12-4-3-6-18-13(12)14-16(19)20(2)15-11-5-7-17-8-10(11)9-21(14)15/h3-8H,9H2,1-2H3/q+1/i1D3. The minimum Gasteiger partial charge on any atom is -0.264 e. The summed E-state index contributed by atoms with van der Waals surface area (Å²) in [5.41, 5.74) is 5.09. The maximum atomic E-state index is 7.99. The highest BCUT2D eigenvalue weighted by molar-refractivity contribution is 6.02. The number of aromatic nitrogens is 5. The van der Waals surface area contributed by atoms with Gasteiger partial charge in [0.05, 0.1) is 30.2 Å².